The summed E-state index contributed by atoms with van der Waals surface area (Å²) >= 11 is 0. The van der Waals surface area contributed by atoms with Crippen LogP contribution >= 0.6 is 0 Å². The van der Waals surface area contributed by atoms with Gasteiger partial charge in [0.15, 0.2) is 0 Å². The Morgan fingerprint density at radius 2 is 2.00 bits per heavy atom. The van der Waals surface area contributed by atoms with Crippen LogP contribution in [-0.4, -0.2) is 11.2 Å². The van der Waals surface area contributed by atoms with Gasteiger partial charge in [-0.3, -0.25) is 0 Å². The van der Waals surface area contributed by atoms with Gasteiger partial charge in [0.1, 0.15) is 0 Å². The van der Waals surface area contributed by atoms with Gasteiger partial charge in [0.25, 0.3) is 0 Å². The van der Waals surface area contributed by atoms with Crippen LogP contribution in [0.2, 0.25) is 0 Å². The number of rotatable bonds is 1. The van der Waals surface area contributed by atoms with Crippen molar-refractivity contribution in [3.05, 3.63) is 0 Å². The molecule has 1 aliphatic rings. The first-order valence-corrected chi connectivity index (χ1v) is 2.83. The van der Waals surface area contributed by atoms with Crippen LogP contribution in [0.15, 0.2) is 0 Å². The highest BCUT2D eigenvalue weighted by Gasteiger charge is 2.41. The molecular weight excluding hydrogens is 88.1 g/mol. The quantitative estimate of drug-likeness (QED) is 0.524. The molecule has 0 aliphatic heterocycles. The molecule has 0 aromatic rings. The maximum Gasteiger partial charge on any atom is 0.0565 e. The third kappa shape index (κ3) is 0.778. The Balaban J connectivity index is 2.39. The third-order valence-corrected chi connectivity index (χ3v) is 2.05. The van der Waals surface area contributed by atoms with Gasteiger partial charge in [-0.2, -0.15) is 0 Å². The van der Waals surface area contributed by atoms with Gasteiger partial charge in [-0.05, 0) is 25.2 Å². The molecule has 1 saturated carbocycles. The minimum atomic E-state index is -0.0903. The zero-order chi connectivity index (χ0) is 5.49. The van der Waals surface area contributed by atoms with Gasteiger partial charge in [0.05, 0.1) is 6.10 Å². The lowest BCUT2D eigenvalue weighted by atomic mass is 10.0. The van der Waals surface area contributed by atoms with E-state index < -0.39 is 0 Å². The number of aliphatic hydroxyl groups excluding tert-OH is 1. The van der Waals surface area contributed by atoms with Crippen LogP contribution in [-0.2, 0) is 0 Å². The summed E-state index contributed by atoms with van der Waals surface area (Å²) in [6.07, 6.45) is 2.34. The minimum Gasteiger partial charge on any atom is -0.393 e. The molecule has 42 valence electrons. The lowest BCUT2D eigenvalue weighted by molar-refractivity contribution is 0.121. The van der Waals surface area contributed by atoms with Crippen molar-refractivity contribution in [3.8, 4) is 0 Å². The van der Waals surface area contributed by atoms with E-state index in [1.807, 2.05) is 6.92 Å². The van der Waals surface area contributed by atoms with Crippen molar-refractivity contribution in [1.82, 2.24) is 0 Å². The normalized spacial score (nSPS) is 29.6. The summed E-state index contributed by atoms with van der Waals surface area (Å²) in [4.78, 5) is 0. The van der Waals surface area contributed by atoms with Gasteiger partial charge in [-0.15, -0.1) is 0 Å². The smallest absolute Gasteiger partial charge is 0.0565 e. The van der Waals surface area contributed by atoms with Crippen LogP contribution in [0.4, 0.5) is 0 Å². The Morgan fingerprint density at radius 1 is 1.57 bits per heavy atom. The standard InChI is InChI=1S/C6H12O/c1-5(7)6(2)3-4-6/h5,7H,3-4H2,1-2H3. The fraction of sp³-hybridized carbons (Fsp3) is 1.00. The zero-order valence-corrected chi connectivity index (χ0v) is 4.94. The average molecular weight is 100 g/mol. The highest BCUT2D eigenvalue weighted by atomic mass is 16.3. The van der Waals surface area contributed by atoms with Gasteiger partial charge in [0.2, 0.25) is 0 Å². The maximum atomic E-state index is 8.95. The van der Waals surface area contributed by atoms with E-state index in [1.165, 1.54) is 12.8 Å². The first-order valence-electron chi connectivity index (χ1n) is 2.83. The van der Waals surface area contributed by atoms with Gasteiger partial charge in [-0.25, -0.2) is 0 Å². The van der Waals surface area contributed by atoms with Crippen molar-refractivity contribution in [2.75, 3.05) is 0 Å². The van der Waals surface area contributed by atoms with E-state index in [-0.39, 0.29) is 6.10 Å². The summed E-state index contributed by atoms with van der Waals surface area (Å²) in [5, 5.41) is 8.95. The molecule has 1 atom stereocenters. The van der Waals surface area contributed by atoms with Gasteiger partial charge < -0.3 is 5.11 Å². The van der Waals surface area contributed by atoms with Crippen LogP contribution < -0.4 is 0 Å². The van der Waals surface area contributed by atoms with E-state index >= 15 is 0 Å². The van der Waals surface area contributed by atoms with E-state index in [0.29, 0.717) is 5.41 Å². The Kier molecular flexibility index (Phi) is 0.890. The molecule has 0 bridgehead atoms. The van der Waals surface area contributed by atoms with Gasteiger partial charge >= 0.3 is 0 Å². The van der Waals surface area contributed by atoms with Crippen LogP contribution in [0, 0.1) is 5.41 Å². The van der Waals surface area contributed by atoms with E-state index in [9.17, 15) is 0 Å². The fourth-order valence-electron chi connectivity index (χ4n) is 0.615. The highest BCUT2D eigenvalue weighted by Crippen LogP contribution is 2.47. The summed E-state index contributed by atoms with van der Waals surface area (Å²) in [5.41, 5.74) is 0.306. The summed E-state index contributed by atoms with van der Waals surface area (Å²) in [6.45, 7) is 3.99. The molecule has 1 N–H and O–H groups in total. The molecule has 1 fully saturated rings. The molecule has 1 nitrogen and oxygen atoms in total. The van der Waals surface area contributed by atoms with Crippen molar-refractivity contribution in [3.63, 3.8) is 0 Å². The number of aliphatic hydroxyl groups is 1. The predicted molar refractivity (Wildman–Crippen MR) is 29.0 cm³/mol. The highest BCUT2D eigenvalue weighted by molar-refractivity contribution is 4.92. The Bertz CT molecular complexity index is 72.2. The first-order chi connectivity index (χ1) is 3.15. The van der Waals surface area contributed by atoms with Crippen molar-refractivity contribution < 1.29 is 5.11 Å². The molecule has 0 radical (unpaired) electrons. The van der Waals surface area contributed by atoms with Crippen molar-refractivity contribution >= 4 is 0 Å². The summed E-state index contributed by atoms with van der Waals surface area (Å²) < 4.78 is 0. The molecule has 1 rings (SSSR count). The van der Waals surface area contributed by atoms with Crippen LogP contribution in [0.1, 0.15) is 26.7 Å². The van der Waals surface area contributed by atoms with Gasteiger partial charge in [0, 0.05) is 0 Å². The van der Waals surface area contributed by atoms with Crippen molar-refractivity contribution in [1.29, 1.82) is 0 Å². The molecular formula is C6H12O. The Morgan fingerprint density at radius 3 is 2.00 bits per heavy atom. The average Bonchev–Trinajstić information content (AvgIpc) is 2.21. The predicted octanol–water partition coefficient (Wildman–Crippen LogP) is 1.17. The summed E-state index contributed by atoms with van der Waals surface area (Å²) in [7, 11) is 0. The molecule has 0 saturated heterocycles. The summed E-state index contributed by atoms with van der Waals surface area (Å²) in [6, 6.07) is 0. The second-order valence-electron chi connectivity index (χ2n) is 2.83. The topological polar surface area (TPSA) is 20.2 Å². The zero-order valence-electron chi connectivity index (χ0n) is 4.94. The van der Waals surface area contributed by atoms with E-state index in [1.54, 1.807) is 0 Å². The molecule has 1 aliphatic carbocycles. The van der Waals surface area contributed by atoms with Crippen LogP contribution in [0.3, 0.4) is 0 Å². The number of hydrogen-bond acceptors (Lipinski definition) is 1. The fourth-order valence-corrected chi connectivity index (χ4v) is 0.615. The van der Waals surface area contributed by atoms with Crippen LogP contribution in [0.25, 0.3) is 0 Å². The molecule has 1 unspecified atom stereocenters. The minimum absolute atomic E-state index is 0.0903. The molecule has 0 amide bonds. The molecule has 0 aromatic heterocycles. The third-order valence-electron chi connectivity index (χ3n) is 2.05. The molecule has 7 heavy (non-hydrogen) atoms. The molecule has 0 heterocycles. The SMILES string of the molecule is CC(O)C1(C)CC1. The largest absolute Gasteiger partial charge is 0.393 e. The summed E-state index contributed by atoms with van der Waals surface area (Å²) in [5.74, 6) is 0. The lowest BCUT2D eigenvalue weighted by Crippen LogP contribution is -2.12. The lowest BCUT2D eigenvalue weighted by Gasteiger charge is -2.09. The van der Waals surface area contributed by atoms with Crippen molar-refractivity contribution in [2.24, 2.45) is 5.41 Å². The second-order valence-corrected chi connectivity index (χ2v) is 2.83. The monoisotopic (exact) mass is 100 g/mol. The van der Waals surface area contributed by atoms with E-state index in [0.717, 1.165) is 0 Å². The Labute approximate surface area is 44.4 Å². The van der Waals surface area contributed by atoms with E-state index in [4.69, 9.17) is 5.11 Å². The number of hydrogen-bond donors (Lipinski definition) is 1. The first kappa shape index (κ1) is 5.10. The Hall–Kier alpha value is -0.0400. The maximum absolute atomic E-state index is 8.95. The molecule has 0 aromatic carbocycles. The second kappa shape index (κ2) is 1.22. The van der Waals surface area contributed by atoms with Gasteiger partial charge in [-0.1, -0.05) is 6.92 Å². The van der Waals surface area contributed by atoms with Crippen LogP contribution in [0.5, 0.6) is 0 Å². The molecule has 1 heteroatoms. The van der Waals surface area contributed by atoms with E-state index in [2.05, 4.69) is 6.92 Å². The molecule has 0 spiro atoms. The van der Waals surface area contributed by atoms with Crippen molar-refractivity contribution in [2.45, 2.75) is 32.8 Å².